The fourth-order valence-corrected chi connectivity index (χ4v) is 3.98. The Bertz CT molecular complexity index is 514. The van der Waals surface area contributed by atoms with Gasteiger partial charge in [-0.2, -0.15) is 0 Å². The van der Waals surface area contributed by atoms with Crippen LogP contribution < -0.4 is 5.32 Å². The molecule has 2 fully saturated rings. The van der Waals surface area contributed by atoms with Gasteiger partial charge in [0, 0.05) is 24.7 Å². The minimum Gasteiger partial charge on any atom is -0.356 e. The van der Waals surface area contributed by atoms with Gasteiger partial charge in [-0.15, -0.1) is 0 Å². The van der Waals surface area contributed by atoms with E-state index in [-0.39, 0.29) is 23.7 Å². The molecule has 0 aromatic heterocycles. The molecule has 0 radical (unpaired) electrons. The van der Waals surface area contributed by atoms with Crippen LogP contribution in [0, 0.1) is 11.7 Å². The minimum absolute atomic E-state index is 0.0601. The van der Waals surface area contributed by atoms with Crippen molar-refractivity contribution in [2.75, 3.05) is 6.54 Å². The molecule has 3 atom stereocenters. The van der Waals surface area contributed by atoms with Crippen LogP contribution in [0.15, 0.2) is 24.3 Å². The molecule has 1 amide bonds. The maximum absolute atomic E-state index is 13.2. The van der Waals surface area contributed by atoms with E-state index in [0.717, 1.165) is 31.4 Å². The third-order valence-corrected chi connectivity index (χ3v) is 4.85. The number of benzene rings is 1. The van der Waals surface area contributed by atoms with Gasteiger partial charge in [0.2, 0.25) is 5.91 Å². The lowest BCUT2D eigenvalue weighted by atomic mass is 9.94. The largest absolute Gasteiger partial charge is 0.356 e. The first-order valence-corrected chi connectivity index (χ1v) is 7.88. The van der Waals surface area contributed by atoms with E-state index in [4.69, 9.17) is 0 Å². The number of likely N-dealkylation sites (tertiary alicyclic amines) is 1. The molecular weight excluding hydrogens is 267 g/mol. The van der Waals surface area contributed by atoms with Gasteiger partial charge in [-0.3, -0.25) is 9.69 Å². The summed E-state index contributed by atoms with van der Waals surface area (Å²) in [6.45, 7) is 5.16. The van der Waals surface area contributed by atoms with Gasteiger partial charge in [-0.25, -0.2) is 4.39 Å². The number of rotatable bonds is 2. The van der Waals surface area contributed by atoms with E-state index < -0.39 is 0 Å². The van der Waals surface area contributed by atoms with E-state index in [1.165, 1.54) is 12.1 Å². The van der Waals surface area contributed by atoms with Crippen molar-refractivity contribution < 1.29 is 9.18 Å². The summed E-state index contributed by atoms with van der Waals surface area (Å²) in [5.41, 5.74) is 1.12. The molecule has 114 valence electrons. The molecule has 2 heterocycles. The van der Waals surface area contributed by atoms with Crippen LogP contribution in [0.4, 0.5) is 4.39 Å². The third kappa shape index (κ3) is 2.69. The monoisotopic (exact) mass is 290 g/mol. The zero-order valence-electron chi connectivity index (χ0n) is 12.7. The molecule has 0 unspecified atom stereocenters. The van der Waals surface area contributed by atoms with Crippen LogP contribution in [0.5, 0.6) is 0 Å². The van der Waals surface area contributed by atoms with Gasteiger partial charge in [0.05, 0.1) is 5.92 Å². The first-order valence-electron chi connectivity index (χ1n) is 7.88. The van der Waals surface area contributed by atoms with Crippen LogP contribution in [0.1, 0.15) is 44.7 Å². The first kappa shape index (κ1) is 14.5. The summed E-state index contributed by atoms with van der Waals surface area (Å²) in [5, 5.41) is 3.03. The van der Waals surface area contributed by atoms with E-state index in [2.05, 4.69) is 24.1 Å². The highest BCUT2D eigenvalue weighted by atomic mass is 19.1. The van der Waals surface area contributed by atoms with Crippen LogP contribution in [-0.4, -0.2) is 29.4 Å². The molecule has 2 saturated heterocycles. The predicted octanol–water partition coefficient (Wildman–Crippen LogP) is 2.88. The number of hydrogen-bond donors (Lipinski definition) is 1. The molecule has 2 aliphatic heterocycles. The van der Waals surface area contributed by atoms with Crippen molar-refractivity contribution in [2.24, 2.45) is 5.92 Å². The minimum atomic E-state index is -0.209. The van der Waals surface area contributed by atoms with Crippen molar-refractivity contribution in [2.45, 2.75) is 51.2 Å². The maximum Gasteiger partial charge on any atom is 0.224 e. The van der Waals surface area contributed by atoms with Gasteiger partial charge < -0.3 is 5.32 Å². The zero-order valence-corrected chi connectivity index (χ0v) is 12.7. The second-order valence-electron chi connectivity index (χ2n) is 6.45. The number of hydrogen-bond acceptors (Lipinski definition) is 2. The van der Waals surface area contributed by atoms with Crippen molar-refractivity contribution in [1.82, 2.24) is 10.2 Å². The SMILES string of the molecule is CC(C)N1[C@H](c2ccc(F)cc2)C[C@H]2C(=O)NCCC[C@@H]21. The van der Waals surface area contributed by atoms with Crippen LogP contribution in [0.2, 0.25) is 0 Å². The Labute approximate surface area is 125 Å². The summed E-state index contributed by atoms with van der Waals surface area (Å²) in [5.74, 6) is 0.0394. The van der Waals surface area contributed by atoms with Gasteiger partial charge in [0.25, 0.3) is 0 Å². The smallest absolute Gasteiger partial charge is 0.224 e. The number of carbonyl (C=O) groups excluding carboxylic acids is 1. The average molecular weight is 290 g/mol. The van der Waals surface area contributed by atoms with E-state index in [1.807, 2.05) is 12.1 Å². The van der Waals surface area contributed by atoms with Crippen LogP contribution in [0.3, 0.4) is 0 Å². The Kier molecular flexibility index (Phi) is 3.98. The molecular formula is C17H23FN2O. The lowest BCUT2D eigenvalue weighted by molar-refractivity contribution is -0.125. The summed E-state index contributed by atoms with van der Waals surface area (Å²) in [6, 6.07) is 7.65. The molecule has 4 heteroatoms. The zero-order chi connectivity index (χ0) is 15.0. The predicted molar refractivity (Wildman–Crippen MR) is 80.3 cm³/mol. The van der Waals surface area contributed by atoms with Gasteiger partial charge >= 0.3 is 0 Å². The molecule has 0 bridgehead atoms. The Hall–Kier alpha value is -1.42. The number of nitrogens with one attached hydrogen (secondary N) is 1. The Morgan fingerprint density at radius 1 is 1.29 bits per heavy atom. The molecule has 1 aromatic carbocycles. The lowest BCUT2D eigenvalue weighted by Crippen LogP contribution is -2.41. The van der Waals surface area contributed by atoms with Crippen molar-refractivity contribution in [3.8, 4) is 0 Å². The fourth-order valence-electron chi connectivity index (χ4n) is 3.98. The molecule has 1 N–H and O–H groups in total. The molecule has 0 saturated carbocycles. The maximum atomic E-state index is 13.2. The molecule has 2 aliphatic rings. The van der Waals surface area contributed by atoms with Crippen LogP contribution in [0.25, 0.3) is 0 Å². The number of halogens is 1. The van der Waals surface area contributed by atoms with E-state index in [0.29, 0.717) is 12.1 Å². The summed E-state index contributed by atoms with van der Waals surface area (Å²) in [7, 11) is 0. The molecule has 21 heavy (non-hydrogen) atoms. The second-order valence-corrected chi connectivity index (χ2v) is 6.45. The second kappa shape index (κ2) is 5.76. The molecule has 3 nitrogen and oxygen atoms in total. The standard InChI is InChI=1S/C17H23FN2O/c1-11(2)20-15-4-3-9-19-17(21)14(15)10-16(20)12-5-7-13(18)8-6-12/h5-8,11,14-16H,3-4,9-10H2,1-2H3,(H,19,21)/t14-,15+,16+/m1/s1. The number of amides is 1. The topological polar surface area (TPSA) is 32.3 Å². The van der Waals surface area contributed by atoms with Gasteiger partial charge in [0.1, 0.15) is 5.82 Å². The van der Waals surface area contributed by atoms with Gasteiger partial charge in [0.15, 0.2) is 0 Å². The number of fused-ring (bicyclic) bond motifs is 1. The van der Waals surface area contributed by atoms with Crippen molar-refractivity contribution in [3.05, 3.63) is 35.6 Å². The Morgan fingerprint density at radius 3 is 2.67 bits per heavy atom. The third-order valence-electron chi connectivity index (χ3n) is 4.85. The molecule has 1 aromatic rings. The van der Waals surface area contributed by atoms with Gasteiger partial charge in [-0.1, -0.05) is 12.1 Å². The van der Waals surface area contributed by atoms with Crippen molar-refractivity contribution in [3.63, 3.8) is 0 Å². The van der Waals surface area contributed by atoms with E-state index >= 15 is 0 Å². The van der Waals surface area contributed by atoms with Crippen LogP contribution >= 0.6 is 0 Å². The Morgan fingerprint density at radius 2 is 2.00 bits per heavy atom. The first-order chi connectivity index (χ1) is 10.1. The highest BCUT2D eigenvalue weighted by Gasteiger charge is 2.46. The average Bonchev–Trinajstić information content (AvgIpc) is 2.75. The fraction of sp³-hybridized carbons (Fsp3) is 0.588. The van der Waals surface area contributed by atoms with E-state index in [1.54, 1.807) is 0 Å². The summed E-state index contributed by atoms with van der Waals surface area (Å²) in [4.78, 5) is 14.8. The molecule has 0 aliphatic carbocycles. The van der Waals surface area contributed by atoms with Crippen molar-refractivity contribution in [1.29, 1.82) is 0 Å². The summed E-state index contributed by atoms with van der Waals surface area (Å²) in [6.07, 6.45) is 2.92. The lowest BCUT2D eigenvalue weighted by Gasteiger charge is -2.34. The van der Waals surface area contributed by atoms with Crippen molar-refractivity contribution >= 4 is 5.91 Å². The van der Waals surface area contributed by atoms with Crippen LogP contribution in [-0.2, 0) is 4.79 Å². The highest BCUT2D eigenvalue weighted by Crippen LogP contribution is 2.43. The van der Waals surface area contributed by atoms with Gasteiger partial charge in [-0.05, 0) is 50.8 Å². The summed E-state index contributed by atoms with van der Waals surface area (Å²) >= 11 is 0. The molecule has 0 spiro atoms. The highest BCUT2D eigenvalue weighted by molar-refractivity contribution is 5.80. The Balaban J connectivity index is 1.93. The normalized spacial score (nSPS) is 30.1. The summed E-state index contributed by atoms with van der Waals surface area (Å²) < 4.78 is 13.2. The number of carbonyl (C=O) groups is 1. The van der Waals surface area contributed by atoms with E-state index in [9.17, 15) is 9.18 Å². The quantitative estimate of drug-likeness (QED) is 0.908. The number of nitrogens with zero attached hydrogens (tertiary/aromatic N) is 1. The molecule has 3 rings (SSSR count).